The molecule has 1 heterocycles. The zero-order valence-electron chi connectivity index (χ0n) is 14.8. The van der Waals surface area contributed by atoms with E-state index >= 15 is 0 Å². The number of hydrogen-bond donors (Lipinski definition) is 0. The second-order valence-electron chi connectivity index (χ2n) is 6.28. The first-order chi connectivity index (χ1) is 12.7. The first-order valence-electron chi connectivity index (χ1n) is 8.48. The molecule has 0 bridgehead atoms. The maximum Gasteiger partial charge on any atom is 0.149 e. The van der Waals surface area contributed by atoms with E-state index in [1.165, 1.54) is 0 Å². The summed E-state index contributed by atoms with van der Waals surface area (Å²) in [5.41, 5.74) is 3.32. The lowest BCUT2D eigenvalue weighted by Gasteiger charge is -2.08. The van der Waals surface area contributed by atoms with Crippen molar-refractivity contribution in [3.8, 4) is 0 Å². The van der Waals surface area contributed by atoms with Crippen LogP contribution in [0, 0.1) is 12.7 Å². The summed E-state index contributed by atoms with van der Waals surface area (Å²) in [6.45, 7) is 9.28. The van der Waals surface area contributed by atoms with Crippen molar-refractivity contribution >= 4 is 19.0 Å². The molecule has 26 heavy (non-hydrogen) atoms. The summed E-state index contributed by atoms with van der Waals surface area (Å²) in [4.78, 5) is 16.5. The van der Waals surface area contributed by atoms with Gasteiger partial charge in [-0.3, -0.25) is 9.98 Å². The number of rotatable bonds is 7. The van der Waals surface area contributed by atoms with Gasteiger partial charge in [-0.25, -0.2) is 14.4 Å². The van der Waals surface area contributed by atoms with Crippen LogP contribution in [-0.2, 0) is 6.54 Å². The lowest BCUT2D eigenvalue weighted by Crippen LogP contribution is -1.97. The molecule has 2 aromatic rings. The van der Waals surface area contributed by atoms with Gasteiger partial charge in [0.15, 0.2) is 0 Å². The topological polar surface area (TPSA) is 50.5 Å². The number of benzene rings is 1. The number of aromatic nitrogens is 2. The minimum absolute atomic E-state index is 0.121. The van der Waals surface area contributed by atoms with Crippen LogP contribution in [0.3, 0.4) is 0 Å². The van der Waals surface area contributed by atoms with Crippen molar-refractivity contribution in [2.75, 3.05) is 0 Å². The summed E-state index contributed by atoms with van der Waals surface area (Å²) < 4.78 is 14.6. The molecule has 3 rings (SSSR count). The van der Waals surface area contributed by atoms with Crippen molar-refractivity contribution in [3.05, 3.63) is 77.3 Å². The van der Waals surface area contributed by atoms with Crippen LogP contribution < -0.4 is 0 Å². The molecule has 1 saturated carbocycles. The largest absolute Gasteiger partial charge is 0.285 e. The summed E-state index contributed by atoms with van der Waals surface area (Å²) in [7, 11) is 0. The van der Waals surface area contributed by atoms with E-state index in [4.69, 9.17) is 0 Å². The molecule has 1 aromatic carbocycles. The molecular weight excluding hydrogens is 327 g/mol. The maximum absolute atomic E-state index is 14.6. The van der Waals surface area contributed by atoms with E-state index in [0.717, 1.165) is 23.1 Å². The number of aliphatic imine (C=N–C) groups is 2. The summed E-state index contributed by atoms with van der Waals surface area (Å²) >= 11 is 0. The Labute approximate surface area is 153 Å². The monoisotopic (exact) mass is 348 g/mol. The van der Waals surface area contributed by atoms with Gasteiger partial charge >= 0.3 is 0 Å². The number of hydrogen-bond acceptors (Lipinski definition) is 4. The van der Waals surface area contributed by atoms with Gasteiger partial charge in [0.25, 0.3) is 0 Å². The van der Waals surface area contributed by atoms with Crippen molar-refractivity contribution in [1.82, 2.24) is 9.97 Å². The van der Waals surface area contributed by atoms with Crippen molar-refractivity contribution in [2.24, 2.45) is 9.98 Å². The van der Waals surface area contributed by atoms with Gasteiger partial charge in [0.1, 0.15) is 11.6 Å². The molecule has 1 aliphatic carbocycles. The molecule has 2 unspecified atom stereocenters. The first-order valence-corrected chi connectivity index (χ1v) is 8.48. The maximum atomic E-state index is 14.6. The van der Waals surface area contributed by atoms with Crippen LogP contribution in [-0.4, -0.2) is 22.9 Å². The van der Waals surface area contributed by atoms with Crippen LogP contribution >= 0.6 is 0 Å². The predicted molar refractivity (Wildman–Crippen MR) is 104 cm³/mol. The molecule has 0 aliphatic heterocycles. The molecule has 0 saturated heterocycles. The molecule has 5 heteroatoms. The zero-order chi connectivity index (χ0) is 18.5. The molecule has 1 aliphatic rings. The highest BCUT2D eigenvalue weighted by atomic mass is 19.1. The Balaban J connectivity index is 1.66. The minimum atomic E-state index is -0.121. The Morgan fingerprint density at radius 3 is 2.73 bits per heavy atom. The Hall–Kier alpha value is -2.95. The SMILES string of the molecule is C=Cc1ccc(C2CC2c2cnc(C/N=C\C=C/N=C)nc2)c(F)c1C. The fourth-order valence-electron chi connectivity index (χ4n) is 3.07. The minimum Gasteiger partial charge on any atom is -0.285 e. The molecule has 2 atom stereocenters. The molecule has 1 fully saturated rings. The van der Waals surface area contributed by atoms with E-state index in [9.17, 15) is 4.39 Å². The fraction of sp³-hybridized carbons (Fsp3) is 0.238. The van der Waals surface area contributed by atoms with Crippen LogP contribution in [0.4, 0.5) is 4.39 Å². The predicted octanol–water partition coefficient (Wildman–Crippen LogP) is 4.62. The number of nitrogens with zero attached hydrogens (tertiary/aromatic N) is 4. The molecule has 0 radical (unpaired) electrons. The third-order valence-corrected chi connectivity index (χ3v) is 4.64. The van der Waals surface area contributed by atoms with Gasteiger partial charge in [-0.05, 0) is 60.2 Å². The average molecular weight is 348 g/mol. The van der Waals surface area contributed by atoms with Gasteiger partial charge < -0.3 is 0 Å². The Bertz CT molecular complexity index is 868. The quantitative estimate of drug-likeness (QED) is 0.685. The summed E-state index contributed by atoms with van der Waals surface area (Å²) in [5, 5.41) is 0. The van der Waals surface area contributed by atoms with E-state index in [1.54, 1.807) is 31.5 Å². The van der Waals surface area contributed by atoms with Crippen LogP contribution in [0.1, 0.15) is 46.3 Å². The van der Waals surface area contributed by atoms with Gasteiger partial charge in [0, 0.05) is 24.8 Å². The van der Waals surface area contributed by atoms with Gasteiger partial charge in [0.2, 0.25) is 0 Å². The van der Waals surface area contributed by atoms with Crippen molar-refractivity contribution < 1.29 is 4.39 Å². The van der Waals surface area contributed by atoms with E-state index < -0.39 is 0 Å². The number of allylic oxidation sites excluding steroid dienone is 1. The van der Waals surface area contributed by atoms with E-state index in [1.807, 2.05) is 24.5 Å². The standard InChI is InChI=1S/C21H21FN4/c1-4-15-6-7-17(21(22)14(15)2)19-10-18(19)16-11-25-20(26-12-16)13-24-9-5-8-23-3/h4-9,11-12,18-19H,1,3,10,13H2,2H3/b8-5-,24-9-. The Morgan fingerprint density at radius 1 is 1.27 bits per heavy atom. The zero-order valence-corrected chi connectivity index (χ0v) is 14.8. The van der Waals surface area contributed by atoms with Gasteiger partial charge in [0.05, 0.1) is 6.54 Å². The van der Waals surface area contributed by atoms with E-state index in [0.29, 0.717) is 17.9 Å². The average Bonchev–Trinajstić information content (AvgIpc) is 3.45. The second-order valence-corrected chi connectivity index (χ2v) is 6.28. The molecule has 0 amide bonds. The number of halogens is 1. The van der Waals surface area contributed by atoms with E-state index in [-0.39, 0.29) is 17.7 Å². The molecule has 1 aromatic heterocycles. The third kappa shape index (κ3) is 3.82. The van der Waals surface area contributed by atoms with Crippen LogP contribution in [0.2, 0.25) is 0 Å². The lowest BCUT2D eigenvalue weighted by molar-refractivity contribution is 0.600. The van der Waals surface area contributed by atoms with Crippen molar-refractivity contribution in [3.63, 3.8) is 0 Å². The third-order valence-electron chi connectivity index (χ3n) is 4.64. The van der Waals surface area contributed by atoms with Gasteiger partial charge in [-0.2, -0.15) is 0 Å². The second kappa shape index (κ2) is 7.95. The van der Waals surface area contributed by atoms with E-state index in [2.05, 4.69) is 33.2 Å². The highest BCUT2D eigenvalue weighted by molar-refractivity contribution is 5.70. The Kier molecular flexibility index (Phi) is 5.46. The Morgan fingerprint density at radius 2 is 2.04 bits per heavy atom. The van der Waals surface area contributed by atoms with Crippen molar-refractivity contribution in [1.29, 1.82) is 0 Å². The first kappa shape index (κ1) is 17.9. The molecule has 4 nitrogen and oxygen atoms in total. The van der Waals surface area contributed by atoms with Crippen LogP contribution in [0.15, 0.2) is 53.4 Å². The smallest absolute Gasteiger partial charge is 0.149 e. The highest BCUT2D eigenvalue weighted by Gasteiger charge is 2.41. The summed E-state index contributed by atoms with van der Waals surface area (Å²) in [5.74, 6) is 0.998. The van der Waals surface area contributed by atoms with Gasteiger partial charge in [-0.1, -0.05) is 24.8 Å². The van der Waals surface area contributed by atoms with Crippen LogP contribution in [0.5, 0.6) is 0 Å². The summed E-state index contributed by atoms with van der Waals surface area (Å²) in [6.07, 6.45) is 11.2. The summed E-state index contributed by atoms with van der Waals surface area (Å²) in [6, 6.07) is 3.81. The highest BCUT2D eigenvalue weighted by Crippen LogP contribution is 2.55. The van der Waals surface area contributed by atoms with Crippen LogP contribution in [0.25, 0.3) is 6.08 Å². The normalized spacial score (nSPS) is 19.2. The lowest BCUT2D eigenvalue weighted by atomic mass is 9.99. The molecule has 132 valence electrons. The van der Waals surface area contributed by atoms with Crippen molar-refractivity contribution in [2.45, 2.75) is 31.7 Å². The molecule has 0 N–H and O–H groups in total. The molecule has 0 spiro atoms. The van der Waals surface area contributed by atoms with Gasteiger partial charge in [-0.15, -0.1) is 0 Å². The fourth-order valence-corrected chi connectivity index (χ4v) is 3.07. The molecular formula is C21H21FN4.